The molecule has 0 saturated carbocycles. The van der Waals surface area contributed by atoms with E-state index < -0.39 is 48.4 Å². The third kappa shape index (κ3) is 14.8. The number of rotatable bonds is 22. The molecule has 1 fully saturated rings. The van der Waals surface area contributed by atoms with Crippen molar-refractivity contribution < 1.29 is 76.1 Å². The Labute approximate surface area is 356 Å². The van der Waals surface area contributed by atoms with Gasteiger partial charge in [-0.05, 0) is 123 Å². The van der Waals surface area contributed by atoms with Crippen molar-refractivity contribution in [1.29, 1.82) is 0 Å². The van der Waals surface area contributed by atoms with E-state index in [1.165, 1.54) is 48.5 Å². The van der Waals surface area contributed by atoms with E-state index in [2.05, 4.69) is 13.2 Å². The van der Waals surface area contributed by atoms with Crippen LogP contribution in [0.15, 0.2) is 122 Å². The van der Waals surface area contributed by atoms with Crippen molar-refractivity contribution in [2.45, 2.75) is 38.3 Å². The van der Waals surface area contributed by atoms with E-state index in [0.717, 1.165) is 12.2 Å². The number of esters is 6. The van der Waals surface area contributed by atoms with E-state index in [1.807, 2.05) is 0 Å². The summed E-state index contributed by atoms with van der Waals surface area (Å²) in [7, 11) is 0. The van der Waals surface area contributed by atoms with Crippen molar-refractivity contribution in [3.8, 4) is 23.0 Å². The standard InChI is InChI=1S/C46H44O16/c1-3-39(47)55-27-7-5-25-53-35-17-9-31(10-18-35)41(49)59-37-21-13-33(14-22-37)43(51)61-45-46(58-30-29-57-45)62-44(52)34-15-23-38(24-16-34)60-42(50)32-11-19-36(20-12-32)54-26-6-8-28-56-40(48)4-2/h3-4,9-24,45-46H,1-2,5-8,25-30H2/t45-,46-/m1/s1. The third-order valence-corrected chi connectivity index (χ3v) is 8.53. The molecule has 1 aliphatic heterocycles. The van der Waals surface area contributed by atoms with Crippen LogP contribution in [0.25, 0.3) is 0 Å². The normalized spacial score (nSPS) is 14.3. The Hall–Kier alpha value is -7.30. The maximum absolute atomic E-state index is 13.0. The van der Waals surface area contributed by atoms with E-state index >= 15 is 0 Å². The molecule has 0 spiro atoms. The minimum atomic E-state index is -1.39. The molecule has 1 saturated heterocycles. The molecule has 324 valence electrons. The van der Waals surface area contributed by atoms with Gasteiger partial charge >= 0.3 is 35.8 Å². The van der Waals surface area contributed by atoms with Crippen LogP contribution >= 0.6 is 0 Å². The van der Waals surface area contributed by atoms with Gasteiger partial charge in [0.15, 0.2) is 0 Å². The first-order valence-electron chi connectivity index (χ1n) is 19.5. The van der Waals surface area contributed by atoms with Crippen LogP contribution in [0.2, 0.25) is 0 Å². The number of carbonyl (C=O) groups is 6. The minimum absolute atomic E-state index is 0.0649. The average Bonchev–Trinajstić information content (AvgIpc) is 3.29. The lowest BCUT2D eigenvalue weighted by atomic mass is 10.2. The molecule has 0 unspecified atom stereocenters. The van der Waals surface area contributed by atoms with Crippen molar-refractivity contribution in [2.24, 2.45) is 0 Å². The lowest BCUT2D eigenvalue weighted by molar-refractivity contribution is -0.288. The monoisotopic (exact) mass is 852 g/mol. The molecule has 0 bridgehead atoms. The minimum Gasteiger partial charge on any atom is -0.494 e. The molecule has 4 aromatic carbocycles. The van der Waals surface area contributed by atoms with Crippen molar-refractivity contribution in [3.63, 3.8) is 0 Å². The third-order valence-electron chi connectivity index (χ3n) is 8.53. The first kappa shape index (κ1) is 45.8. The Bertz CT molecular complexity index is 1990. The molecule has 0 N–H and O–H groups in total. The largest absolute Gasteiger partial charge is 0.494 e. The average molecular weight is 853 g/mol. The van der Waals surface area contributed by atoms with Gasteiger partial charge in [0.1, 0.15) is 23.0 Å². The van der Waals surface area contributed by atoms with Gasteiger partial charge in [0.05, 0.1) is 61.9 Å². The van der Waals surface area contributed by atoms with Crippen LogP contribution in [-0.4, -0.2) is 88.0 Å². The summed E-state index contributed by atoms with van der Waals surface area (Å²) in [6.45, 7) is 8.14. The van der Waals surface area contributed by atoms with Crippen LogP contribution in [0, 0.1) is 0 Å². The second-order valence-corrected chi connectivity index (χ2v) is 13.0. The Kier molecular flexibility index (Phi) is 17.8. The molecule has 62 heavy (non-hydrogen) atoms. The first-order valence-corrected chi connectivity index (χ1v) is 19.5. The van der Waals surface area contributed by atoms with Gasteiger partial charge in [-0.1, -0.05) is 13.2 Å². The summed E-state index contributed by atoms with van der Waals surface area (Å²) in [6.07, 6.45) is 1.99. The fourth-order valence-corrected chi connectivity index (χ4v) is 5.29. The molecule has 1 aliphatic rings. The Morgan fingerprint density at radius 1 is 0.452 bits per heavy atom. The Balaban J connectivity index is 1.03. The van der Waals surface area contributed by atoms with Gasteiger partial charge in [0.25, 0.3) is 12.6 Å². The fraction of sp³-hybridized carbons (Fsp3) is 0.261. The zero-order valence-corrected chi connectivity index (χ0v) is 33.6. The van der Waals surface area contributed by atoms with Gasteiger partial charge in [-0.3, -0.25) is 0 Å². The highest BCUT2D eigenvalue weighted by Crippen LogP contribution is 2.22. The van der Waals surface area contributed by atoms with Crippen molar-refractivity contribution in [2.75, 3.05) is 39.6 Å². The van der Waals surface area contributed by atoms with Crippen LogP contribution in [0.5, 0.6) is 23.0 Å². The van der Waals surface area contributed by atoms with E-state index in [0.29, 0.717) is 50.4 Å². The second-order valence-electron chi connectivity index (χ2n) is 13.0. The summed E-state index contributed by atoms with van der Waals surface area (Å²) in [5, 5.41) is 0. The molecule has 0 aromatic heterocycles. The molecule has 16 nitrogen and oxygen atoms in total. The number of carbonyl (C=O) groups excluding carboxylic acids is 6. The second kappa shape index (κ2) is 24.1. The Morgan fingerprint density at radius 2 is 0.758 bits per heavy atom. The first-order chi connectivity index (χ1) is 30.1. The number of hydrogen-bond acceptors (Lipinski definition) is 16. The number of benzene rings is 4. The van der Waals surface area contributed by atoms with Gasteiger partial charge in [-0.2, -0.15) is 0 Å². The quantitative estimate of drug-likeness (QED) is 0.0269. The summed E-state index contributed by atoms with van der Waals surface area (Å²) in [6, 6.07) is 24.0. The summed E-state index contributed by atoms with van der Waals surface area (Å²) in [4.78, 5) is 73.6. The highest BCUT2D eigenvalue weighted by Gasteiger charge is 2.34. The topological polar surface area (TPSA) is 195 Å². The Morgan fingerprint density at radius 3 is 1.10 bits per heavy atom. The predicted octanol–water partition coefficient (Wildman–Crippen LogP) is 6.61. The molecule has 5 rings (SSSR count). The van der Waals surface area contributed by atoms with Gasteiger partial charge in [-0.25, -0.2) is 28.8 Å². The zero-order valence-electron chi connectivity index (χ0n) is 33.6. The van der Waals surface area contributed by atoms with Crippen molar-refractivity contribution in [1.82, 2.24) is 0 Å². The molecular weight excluding hydrogens is 808 g/mol. The van der Waals surface area contributed by atoms with E-state index in [9.17, 15) is 28.8 Å². The summed E-state index contributed by atoms with van der Waals surface area (Å²) in [5.41, 5.74) is 0.730. The molecule has 0 radical (unpaired) electrons. The van der Waals surface area contributed by atoms with Gasteiger partial charge in [0, 0.05) is 12.2 Å². The summed E-state index contributed by atoms with van der Waals surface area (Å²) in [5.74, 6) is -2.40. The molecule has 1 heterocycles. The van der Waals surface area contributed by atoms with Crippen LogP contribution in [0.4, 0.5) is 0 Å². The van der Waals surface area contributed by atoms with Gasteiger partial charge < -0.3 is 47.4 Å². The zero-order chi connectivity index (χ0) is 44.1. The fourth-order valence-electron chi connectivity index (χ4n) is 5.29. The van der Waals surface area contributed by atoms with E-state index in [-0.39, 0.29) is 60.2 Å². The predicted molar refractivity (Wildman–Crippen MR) is 218 cm³/mol. The molecule has 4 aromatic rings. The lowest BCUT2D eigenvalue weighted by Crippen LogP contribution is -2.44. The number of unbranched alkanes of at least 4 members (excludes halogenated alkanes) is 2. The molecular formula is C46H44O16. The van der Waals surface area contributed by atoms with Gasteiger partial charge in [0.2, 0.25) is 0 Å². The molecule has 16 heteroatoms. The molecule has 0 amide bonds. The highest BCUT2D eigenvalue weighted by atomic mass is 16.8. The summed E-state index contributed by atoms with van der Waals surface area (Å²) < 4.78 is 54.0. The maximum Gasteiger partial charge on any atom is 0.343 e. The molecule has 2 atom stereocenters. The van der Waals surface area contributed by atoms with Crippen molar-refractivity contribution >= 4 is 35.8 Å². The van der Waals surface area contributed by atoms with E-state index in [4.69, 9.17) is 47.4 Å². The van der Waals surface area contributed by atoms with Crippen LogP contribution in [0.1, 0.15) is 67.1 Å². The van der Waals surface area contributed by atoms with E-state index in [1.54, 1.807) is 48.5 Å². The van der Waals surface area contributed by atoms with Crippen LogP contribution in [-0.2, 0) is 38.0 Å². The van der Waals surface area contributed by atoms with Gasteiger partial charge in [-0.15, -0.1) is 0 Å². The number of hydrogen-bond donors (Lipinski definition) is 0. The smallest absolute Gasteiger partial charge is 0.343 e. The highest BCUT2D eigenvalue weighted by molar-refractivity contribution is 5.93. The summed E-state index contributed by atoms with van der Waals surface area (Å²) >= 11 is 0. The SMILES string of the molecule is C=CC(=O)OCCCCOc1ccc(C(=O)Oc2ccc(C(=O)O[C@H]3OCCO[C@@H]3OC(=O)c3ccc(OC(=O)c4ccc(OCCCCOC(=O)C=C)cc4)cc3)cc2)cc1. The lowest BCUT2D eigenvalue weighted by Gasteiger charge is -2.30. The van der Waals surface area contributed by atoms with Crippen LogP contribution in [0.3, 0.4) is 0 Å². The maximum atomic E-state index is 13.0. The molecule has 0 aliphatic carbocycles. The van der Waals surface area contributed by atoms with Crippen LogP contribution < -0.4 is 18.9 Å². The van der Waals surface area contributed by atoms with Crippen molar-refractivity contribution in [3.05, 3.63) is 145 Å². The number of ether oxygens (including phenoxy) is 10.